The minimum atomic E-state index is -3.30. The third-order valence-electron chi connectivity index (χ3n) is 1.48. The third-order valence-corrected chi connectivity index (χ3v) is 2.51. The lowest BCUT2D eigenvalue weighted by Crippen LogP contribution is -2.24. The highest BCUT2D eigenvalue weighted by atomic mass is 32.2. The van der Waals surface area contributed by atoms with Gasteiger partial charge in [0.1, 0.15) is 0 Å². The van der Waals surface area contributed by atoms with Gasteiger partial charge in [0.2, 0.25) is 10.0 Å². The van der Waals surface area contributed by atoms with Gasteiger partial charge in [-0.1, -0.05) is 27.7 Å². The van der Waals surface area contributed by atoms with E-state index in [4.69, 9.17) is 5.14 Å². The largest absolute Gasteiger partial charge is 0.229 e. The van der Waals surface area contributed by atoms with E-state index in [0.29, 0.717) is 0 Å². The van der Waals surface area contributed by atoms with E-state index in [2.05, 4.69) is 20.8 Å². The van der Waals surface area contributed by atoms with Crippen LogP contribution >= 0.6 is 0 Å². The number of nitrogens with two attached hydrogens (primary N) is 1. The molecule has 0 aliphatic heterocycles. The topological polar surface area (TPSA) is 60.2 Å². The zero-order valence-corrected chi connectivity index (χ0v) is 9.11. The van der Waals surface area contributed by atoms with Crippen molar-refractivity contribution in [1.82, 2.24) is 0 Å². The Bertz CT molecular complexity index is 226. The van der Waals surface area contributed by atoms with Crippen LogP contribution in [0.15, 0.2) is 0 Å². The van der Waals surface area contributed by atoms with Gasteiger partial charge in [-0.25, -0.2) is 13.6 Å². The summed E-state index contributed by atoms with van der Waals surface area (Å²) in [6.45, 7) is 8.18. The van der Waals surface area contributed by atoms with Gasteiger partial charge >= 0.3 is 0 Å². The van der Waals surface area contributed by atoms with Gasteiger partial charge in [-0.15, -0.1) is 0 Å². The van der Waals surface area contributed by atoms with Gasteiger partial charge in [0.15, 0.2) is 0 Å². The predicted molar refractivity (Wildman–Crippen MR) is 51.2 cm³/mol. The standard InChI is InChI=1S/C8H19NO2S/c1-7(5-8(2,3)4)6-12(9,10)11/h7H,5-6H2,1-4H3,(H2,9,10,11). The molecule has 0 aliphatic rings. The molecule has 1 atom stereocenters. The lowest BCUT2D eigenvalue weighted by molar-refractivity contribution is 0.321. The normalized spacial score (nSPS) is 16.1. The van der Waals surface area contributed by atoms with Gasteiger partial charge in [0, 0.05) is 0 Å². The van der Waals surface area contributed by atoms with Crippen LogP contribution in [0.5, 0.6) is 0 Å². The van der Waals surface area contributed by atoms with Crippen LogP contribution in [0.4, 0.5) is 0 Å². The first-order valence-corrected chi connectivity index (χ1v) is 5.82. The molecule has 12 heavy (non-hydrogen) atoms. The first kappa shape index (κ1) is 11.9. The molecule has 4 heteroatoms. The van der Waals surface area contributed by atoms with Crippen molar-refractivity contribution in [2.75, 3.05) is 5.75 Å². The van der Waals surface area contributed by atoms with Crippen LogP contribution in [0.3, 0.4) is 0 Å². The molecule has 0 aromatic carbocycles. The third kappa shape index (κ3) is 8.01. The van der Waals surface area contributed by atoms with Crippen LogP contribution in [-0.4, -0.2) is 14.2 Å². The minimum absolute atomic E-state index is 0.0876. The zero-order chi connectivity index (χ0) is 9.99. The molecule has 0 aliphatic carbocycles. The molecule has 74 valence electrons. The van der Waals surface area contributed by atoms with Crippen molar-refractivity contribution < 1.29 is 8.42 Å². The maximum absolute atomic E-state index is 10.7. The van der Waals surface area contributed by atoms with Gasteiger partial charge < -0.3 is 0 Å². The van der Waals surface area contributed by atoms with E-state index >= 15 is 0 Å². The Morgan fingerprint density at radius 1 is 1.33 bits per heavy atom. The lowest BCUT2D eigenvalue weighted by atomic mass is 9.86. The van der Waals surface area contributed by atoms with Gasteiger partial charge in [0.05, 0.1) is 5.75 Å². The van der Waals surface area contributed by atoms with Crippen LogP contribution in [0, 0.1) is 11.3 Å². The molecule has 0 amide bonds. The predicted octanol–water partition coefficient (Wildman–Crippen LogP) is 1.35. The second kappa shape index (κ2) is 3.75. The van der Waals surface area contributed by atoms with E-state index in [1.807, 2.05) is 6.92 Å². The van der Waals surface area contributed by atoms with Gasteiger partial charge in [-0.3, -0.25) is 0 Å². The first-order valence-electron chi connectivity index (χ1n) is 4.11. The summed E-state index contributed by atoms with van der Waals surface area (Å²) in [5.41, 5.74) is 0.171. The fourth-order valence-electron chi connectivity index (χ4n) is 1.50. The van der Waals surface area contributed by atoms with Crippen LogP contribution in [0.1, 0.15) is 34.1 Å². The summed E-state index contributed by atoms with van der Waals surface area (Å²) in [5, 5.41) is 4.93. The Hall–Kier alpha value is -0.0900. The van der Waals surface area contributed by atoms with E-state index in [1.54, 1.807) is 0 Å². The molecule has 0 saturated heterocycles. The molecule has 0 radical (unpaired) electrons. The van der Waals surface area contributed by atoms with E-state index < -0.39 is 10.0 Å². The average Bonchev–Trinajstić information content (AvgIpc) is 1.49. The second-order valence-corrected chi connectivity index (χ2v) is 6.36. The van der Waals surface area contributed by atoms with Crippen LogP contribution < -0.4 is 5.14 Å². The Kier molecular flexibility index (Phi) is 3.72. The quantitative estimate of drug-likeness (QED) is 0.735. The zero-order valence-electron chi connectivity index (χ0n) is 8.29. The molecule has 0 fully saturated rings. The number of primary sulfonamides is 1. The van der Waals surface area contributed by atoms with Crippen molar-refractivity contribution >= 4 is 10.0 Å². The molecule has 0 heterocycles. The van der Waals surface area contributed by atoms with Gasteiger partial charge in [-0.2, -0.15) is 0 Å². The summed E-state index contributed by atoms with van der Waals surface area (Å²) < 4.78 is 21.4. The highest BCUT2D eigenvalue weighted by molar-refractivity contribution is 7.89. The maximum atomic E-state index is 10.7. The Morgan fingerprint density at radius 3 is 2.00 bits per heavy atom. The van der Waals surface area contributed by atoms with Crippen LogP contribution in [-0.2, 0) is 10.0 Å². The van der Waals surface area contributed by atoms with Gasteiger partial charge in [-0.05, 0) is 17.8 Å². The molecule has 0 rings (SSSR count). The smallest absolute Gasteiger partial charge is 0.209 e. The number of rotatable bonds is 3. The Morgan fingerprint density at radius 2 is 1.75 bits per heavy atom. The molecular formula is C8H19NO2S. The summed E-state index contributed by atoms with van der Waals surface area (Å²) in [7, 11) is -3.30. The van der Waals surface area contributed by atoms with Crippen molar-refractivity contribution in [3.63, 3.8) is 0 Å². The second-order valence-electron chi connectivity index (χ2n) is 4.70. The molecule has 0 aromatic heterocycles. The van der Waals surface area contributed by atoms with Crippen LogP contribution in [0.2, 0.25) is 0 Å². The van der Waals surface area contributed by atoms with Crippen molar-refractivity contribution in [2.45, 2.75) is 34.1 Å². The van der Waals surface area contributed by atoms with Crippen molar-refractivity contribution in [1.29, 1.82) is 0 Å². The molecule has 1 unspecified atom stereocenters. The maximum Gasteiger partial charge on any atom is 0.209 e. The van der Waals surface area contributed by atoms with Gasteiger partial charge in [0.25, 0.3) is 0 Å². The molecular weight excluding hydrogens is 174 g/mol. The number of hydrogen-bond acceptors (Lipinski definition) is 2. The molecule has 0 saturated carbocycles. The highest BCUT2D eigenvalue weighted by Gasteiger charge is 2.18. The summed E-state index contributed by atoms with van der Waals surface area (Å²) in [5.74, 6) is 0.226. The summed E-state index contributed by atoms with van der Waals surface area (Å²) in [4.78, 5) is 0. The van der Waals surface area contributed by atoms with E-state index in [9.17, 15) is 8.42 Å². The summed E-state index contributed by atoms with van der Waals surface area (Å²) in [6, 6.07) is 0. The molecule has 0 spiro atoms. The van der Waals surface area contributed by atoms with Crippen molar-refractivity contribution in [2.24, 2.45) is 16.5 Å². The monoisotopic (exact) mass is 193 g/mol. The lowest BCUT2D eigenvalue weighted by Gasteiger charge is -2.22. The fourth-order valence-corrected chi connectivity index (χ4v) is 2.41. The van der Waals surface area contributed by atoms with Crippen molar-refractivity contribution in [3.8, 4) is 0 Å². The number of hydrogen-bond donors (Lipinski definition) is 1. The highest BCUT2D eigenvalue weighted by Crippen LogP contribution is 2.24. The Balaban J connectivity index is 4.00. The Labute approximate surface area is 75.4 Å². The fraction of sp³-hybridized carbons (Fsp3) is 1.00. The molecule has 0 bridgehead atoms. The molecule has 2 N–H and O–H groups in total. The molecule has 0 aromatic rings. The summed E-state index contributed by atoms with van der Waals surface area (Å²) >= 11 is 0. The van der Waals surface area contributed by atoms with E-state index in [0.717, 1.165) is 6.42 Å². The SMILES string of the molecule is CC(CC(C)(C)C)CS(N)(=O)=O. The average molecular weight is 193 g/mol. The number of sulfonamides is 1. The molecule has 3 nitrogen and oxygen atoms in total. The first-order chi connectivity index (χ1) is 5.10. The van der Waals surface area contributed by atoms with Crippen LogP contribution in [0.25, 0.3) is 0 Å². The summed E-state index contributed by atoms with van der Waals surface area (Å²) in [6.07, 6.45) is 0.878. The van der Waals surface area contributed by atoms with E-state index in [-0.39, 0.29) is 17.1 Å². The van der Waals surface area contributed by atoms with Crippen molar-refractivity contribution in [3.05, 3.63) is 0 Å². The van der Waals surface area contributed by atoms with E-state index in [1.165, 1.54) is 0 Å². The minimum Gasteiger partial charge on any atom is -0.229 e.